The van der Waals surface area contributed by atoms with E-state index >= 15 is 0 Å². The molecule has 2 nitrogen and oxygen atoms in total. The third kappa shape index (κ3) is 3.54. The molecular formula is C15H12F5NO. The van der Waals surface area contributed by atoms with Gasteiger partial charge in [-0.15, -0.1) is 13.2 Å². The van der Waals surface area contributed by atoms with Crippen molar-refractivity contribution in [3.8, 4) is 5.75 Å². The van der Waals surface area contributed by atoms with Crippen molar-refractivity contribution < 1.29 is 26.7 Å². The lowest BCUT2D eigenvalue weighted by Gasteiger charge is -2.16. The van der Waals surface area contributed by atoms with Crippen molar-refractivity contribution in [3.63, 3.8) is 0 Å². The summed E-state index contributed by atoms with van der Waals surface area (Å²) in [6.45, 7) is 1.46. The maximum Gasteiger partial charge on any atom is 0.573 e. The predicted octanol–water partition coefficient (Wildman–Crippen LogP) is 4.22. The van der Waals surface area contributed by atoms with Crippen molar-refractivity contribution >= 4 is 0 Å². The van der Waals surface area contributed by atoms with Gasteiger partial charge in [-0.2, -0.15) is 0 Å². The lowest BCUT2D eigenvalue weighted by Crippen LogP contribution is -2.18. The Bertz CT molecular complexity index is 667. The highest BCUT2D eigenvalue weighted by Gasteiger charge is 2.31. The van der Waals surface area contributed by atoms with Gasteiger partial charge < -0.3 is 10.5 Å². The Morgan fingerprint density at radius 1 is 1.00 bits per heavy atom. The molecule has 2 N–H and O–H groups in total. The van der Waals surface area contributed by atoms with Crippen molar-refractivity contribution in [2.24, 2.45) is 5.73 Å². The summed E-state index contributed by atoms with van der Waals surface area (Å²) in [7, 11) is 0. The first-order valence-electron chi connectivity index (χ1n) is 6.25. The first-order valence-corrected chi connectivity index (χ1v) is 6.25. The number of halogens is 5. The first kappa shape index (κ1) is 16.2. The summed E-state index contributed by atoms with van der Waals surface area (Å²) in [4.78, 5) is 0. The quantitative estimate of drug-likeness (QED) is 0.860. The lowest BCUT2D eigenvalue weighted by atomic mass is 9.97. The Hall–Kier alpha value is -2.15. The molecule has 2 aromatic carbocycles. The molecule has 0 saturated carbocycles. The molecule has 0 fully saturated rings. The molecule has 1 atom stereocenters. The second-order valence-corrected chi connectivity index (χ2v) is 4.69. The lowest BCUT2D eigenvalue weighted by molar-refractivity contribution is -0.274. The van der Waals surface area contributed by atoms with Gasteiger partial charge in [0.2, 0.25) is 0 Å². The van der Waals surface area contributed by atoms with Crippen LogP contribution in [0.2, 0.25) is 0 Å². The van der Waals surface area contributed by atoms with E-state index in [2.05, 4.69) is 4.74 Å². The van der Waals surface area contributed by atoms with Crippen LogP contribution in [0.3, 0.4) is 0 Å². The summed E-state index contributed by atoms with van der Waals surface area (Å²) < 4.78 is 67.7. The largest absolute Gasteiger partial charge is 0.573 e. The van der Waals surface area contributed by atoms with Gasteiger partial charge in [-0.1, -0.05) is 18.2 Å². The smallest absolute Gasteiger partial charge is 0.406 e. The van der Waals surface area contributed by atoms with Gasteiger partial charge in [-0.05, 0) is 36.2 Å². The number of alkyl halides is 3. The summed E-state index contributed by atoms with van der Waals surface area (Å²) in [6, 6.07) is 5.76. The molecule has 0 spiro atoms. The molecule has 0 aromatic heterocycles. The summed E-state index contributed by atoms with van der Waals surface area (Å²) in [6.07, 6.45) is -4.81. The molecule has 0 amide bonds. The standard InChI is InChI=1S/C15H12F5NO/c1-8-2-7-11(16)12(13(8)17)14(21)9-3-5-10(6-4-9)22-15(18,19)20/h2-7,14H,21H2,1H3/t14-/m0/s1. The molecule has 0 aliphatic heterocycles. The molecule has 0 saturated heterocycles. The monoisotopic (exact) mass is 317 g/mol. The highest BCUT2D eigenvalue weighted by Crippen LogP contribution is 2.29. The van der Waals surface area contributed by atoms with E-state index in [1.165, 1.54) is 25.1 Å². The fourth-order valence-electron chi connectivity index (χ4n) is 2.01. The summed E-state index contributed by atoms with van der Waals surface area (Å²) >= 11 is 0. The molecule has 0 radical (unpaired) electrons. The van der Waals surface area contributed by atoms with Crippen LogP contribution < -0.4 is 10.5 Å². The Labute approximate surface area is 123 Å². The van der Waals surface area contributed by atoms with Crippen LogP contribution in [0.5, 0.6) is 5.75 Å². The molecule has 0 unspecified atom stereocenters. The van der Waals surface area contributed by atoms with E-state index in [-0.39, 0.29) is 16.7 Å². The Balaban J connectivity index is 2.31. The van der Waals surface area contributed by atoms with E-state index in [4.69, 9.17) is 5.73 Å². The van der Waals surface area contributed by atoms with Crippen molar-refractivity contribution in [2.75, 3.05) is 0 Å². The minimum Gasteiger partial charge on any atom is -0.406 e. The molecule has 2 rings (SSSR count). The third-order valence-electron chi connectivity index (χ3n) is 3.10. The summed E-state index contributed by atoms with van der Waals surface area (Å²) in [5.41, 5.74) is 5.98. The van der Waals surface area contributed by atoms with Crippen molar-refractivity contribution in [3.05, 3.63) is 64.7 Å². The second kappa shape index (κ2) is 5.92. The second-order valence-electron chi connectivity index (χ2n) is 4.69. The Morgan fingerprint density at radius 3 is 2.14 bits per heavy atom. The molecule has 22 heavy (non-hydrogen) atoms. The zero-order valence-corrected chi connectivity index (χ0v) is 11.4. The van der Waals surface area contributed by atoms with Crippen molar-refractivity contribution in [2.45, 2.75) is 19.3 Å². The van der Waals surface area contributed by atoms with E-state index in [1.807, 2.05) is 0 Å². The van der Waals surface area contributed by atoms with Crippen LogP contribution in [0, 0.1) is 18.6 Å². The molecule has 118 valence electrons. The average Bonchev–Trinajstić information content (AvgIpc) is 2.42. The Morgan fingerprint density at radius 2 is 1.59 bits per heavy atom. The van der Waals surface area contributed by atoms with E-state index in [0.29, 0.717) is 0 Å². The first-order chi connectivity index (χ1) is 10.2. The van der Waals surface area contributed by atoms with E-state index in [9.17, 15) is 22.0 Å². The van der Waals surface area contributed by atoms with Gasteiger partial charge >= 0.3 is 6.36 Å². The van der Waals surface area contributed by atoms with Gasteiger partial charge in [0, 0.05) is 5.56 Å². The molecule has 0 heterocycles. The van der Waals surface area contributed by atoms with Gasteiger partial charge in [0.1, 0.15) is 17.4 Å². The van der Waals surface area contributed by atoms with E-state index in [1.54, 1.807) is 0 Å². The van der Waals surface area contributed by atoms with Gasteiger partial charge in [0.15, 0.2) is 0 Å². The summed E-state index contributed by atoms with van der Waals surface area (Å²) in [5.74, 6) is -2.03. The molecule has 0 aliphatic rings. The average molecular weight is 317 g/mol. The van der Waals surface area contributed by atoms with Crippen LogP contribution in [-0.4, -0.2) is 6.36 Å². The fraction of sp³-hybridized carbons (Fsp3) is 0.200. The molecule has 0 aliphatic carbocycles. The van der Waals surface area contributed by atoms with E-state index < -0.39 is 29.8 Å². The molecule has 7 heteroatoms. The van der Waals surface area contributed by atoms with Crippen LogP contribution in [0.1, 0.15) is 22.7 Å². The number of nitrogens with two attached hydrogens (primary N) is 1. The topological polar surface area (TPSA) is 35.2 Å². The number of hydrogen-bond acceptors (Lipinski definition) is 2. The van der Waals surface area contributed by atoms with Crippen LogP contribution in [0.25, 0.3) is 0 Å². The number of ether oxygens (including phenoxy) is 1. The predicted molar refractivity (Wildman–Crippen MR) is 70.3 cm³/mol. The van der Waals surface area contributed by atoms with Crippen molar-refractivity contribution in [1.29, 1.82) is 0 Å². The van der Waals surface area contributed by atoms with Gasteiger partial charge in [-0.3, -0.25) is 0 Å². The molecular weight excluding hydrogens is 305 g/mol. The number of benzene rings is 2. The summed E-state index contributed by atoms with van der Waals surface area (Å²) in [5, 5.41) is 0. The molecule has 0 bridgehead atoms. The Kier molecular flexibility index (Phi) is 4.37. The fourth-order valence-corrected chi connectivity index (χ4v) is 2.01. The van der Waals surface area contributed by atoms with Gasteiger partial charge in [0.05, 0.1) is 6.04 Å². The van der Waals surface area contributed by atoms with Crippen LogP contribution in [-0.2, 0) is 0 Å². The van der Waals surface area contributed by atoms with Crippen LogP contribution in [0.4, 0.5) is 22.0 Å². The third-order valence-corrected chi connectivity index (χ3v) is 3.10. The number of hydrogen-bond donors (Lipinski definition) is 1. The molecule has 2 aromatic rings. The van der Waals surface area contributed by atoms with Crippen LogP contribution in [0.15, 0.2) is 36.4 Å². The zero-order valence-electron chi connectivity index (χ0n) is 11.4. The normalized spacial score (nSPS) is 13.0. The highest BCUT2D eigenvalue weighted by molar-refractivity contribution is 5.38. The SMILES string of the molecule is Cc1ccc(F)c([C@@H](N)c2ccc(OC(F)(F)F)cc2)c1F. The maximum atomic E-state index is 14.0. The minimum atomic E-state index is -4.81. The highest BCUT2D eigenvalue weighted by atomic mass is 19.4. The number of rotatable bonds is 3. The van der Waals surface area contributed by atoms with Gasteiger partial charge in [0.25, 0.3) is 0 Å². The van der Waals surface area contributed by atoms with Gasteiger partial charge in [-0.25, -0.2) is 8.78 Å². The maximum absolute atomic E-state index is 14.0. The minimum absolute atomic E-state index is 0.226. The number of aryl methyl sites for hydroxylation is 1. The van der Waals surface area contributed by atoms with Crippen LogP contribution >= 0.6 is 0 Å². The zero-order chi connectivity index (χ0) is 16.5. The van der Waals surface area contributed by atoms with E-state index in [0.717, 1.165) is 18.2 Å². The van der Waals surface area contributed by atoms with Crippen molar-refractivity contribution in [1.82, 2.24) is 0 Å².